The molecule has 0 radical (unpaired) electrons. The van der Waals surface area contributed by atoms with Crippen LogP contribution in [-0.4, -0.2) is 41.8 Å². The first-order valence-electron chi connectivity index (χ1n) is 6.50. The number of nitrogens with zero attached hydrogens (tertiary/aromatic N) is 3. The van der Waals surface area contributed by atoms with Crippen LogP contribution in [-0.2, 0) is 11.3 Å². The van der Waals surface area contributed by atoms with Crippen molar-refractivity contribution < 1.29 is 4.74 Å². The molecule has 0 amide bonds. The molecule has 1 N–H and O–H groups in total. The van der Waals surface area contributed by atoms with Gasteiger partial charge in [0.25, 0.3) is 0 Å². The molecule has 0 unspecified atom stereocenters. The third kappa shape index (κ3) is 2.97. The van der Waals surface area contributed by atoms with Crippen LogP contribution in [0, 0.1) is 0 Å². The number of hydrogen-bond donors (Lipinski definition) is 1. The summed E-state index contributed by atoms with van der Waals surface area (Å²) in [5, 5.41) is 3.24. The van der Waals surface area contributed by atoms with Crippen LogP contribution in [0.25, 0.3) is 0 Å². The molecular formula is C13H22N4O. The van der Waals surface area contributed by atoms with Gasteiger partial charge in [-0.25, -0.2) is 4.98 Å². The van der Waals surface area contributed by atoms with Gasteiger partial charge < -0.3 is 15.0 Å². The summed E-state index contributed by atoms with van der Waals surface area (Å²) in [6.07, 6.45) is 3.71. The van der Waals surface area contributed by atoms with Crippen LogP contribution >= 0.6 is 0 Å². The summed E-state index contributed by atoms with van der Waals surface area (Å²) in [4.78, 5) is 11.2. The van der Waals surface area contributed by atoms with E-state index in [1.807, 2.05) is 12.4 Å². The molecule has 0 aromatic carbocycles. The Morgan fingerprint density at radius 3 is 2.83 bits per heavy atom. The average molecular weight is 250 g/mol. The number of nitrogens with one attached hydrogen (secondary N) is 1. The molecule has 0 spiro atoms. The predicted molar refractivity (Wildman–Crippen MR) is 71.7 cm³/mol. The maximum atomic E-state index is 5.51. The SMILES string of the molecule is CCNCc1cnc(N2CCOCC2(C)C)cn1. The highest BCUT2D eigenvalue weighted by Gasteiger charge is 2.31. The molecule has 1 aromatic rings. The van der Waals surface area contributed by atoms with Crippen molar-refractivity contribution in [3.8, 4) is 0 Å². The Bertz CT molecular complexity index is 377. The lowest BCUT2D eigenvalue weighted by atomic mass is 10.0. The highest BCUT2D eigenvalue weighted by atomic mass is 16.5. The first-order chi connectivity index (χ1) is 8.63. The lowest BCUT2D eigenvalue weighted by Crippen LogP contribution is -2.53. The van der Waals surface area contributed by atoms with Gasteiger partial charge in [-0.3, -0.25) is 4.98 Å². The molecule has 1 aromatic heterocycles. The number of rotatable bonds is 4. The zero-order valence-electron chi connectivity index (χ0n) is 11.4. The van der Waals surface area contributed by atoms with E-state index in [1.54, 1.807) is 0 Å². The molecule has 100 valence electrons. The van der Waals surface area contributed by atoms with Crippen LogP contribution < -0.4 is 10.2 Å². The average Bonchev–Trinajstić information content (AvgIpc) is 2.37. The summed E-state index contributed by atoms with van der Waals surface area (Å²) in [5.41, 5.74) is 0.961. The molecule has 0 atom stereocenters. The summed E-state index contributed by atoms with van der Waals surface area (Å²) in [5.74, 6) is 0.934. The third-order valence-corrected chi connectivity index (χ3v) is 3.17. The molecule has 0 aliphatic carbocycles. The normalized spacial score (nSPS) is 18.9. The second kappa shape index (κ2) is 5.63. The number of ether oxygens (including phenoxy) is 1. The van der Waals surface area contributed by atoms with Crippen molar-refractivity contribution >= 4 is 5.82 Å². The van der Waals surface area contributed by atoms with Crippen molar-refractivity contribution in [2.75, 3.05) is 31.2 Å². The maximum Gasteiger partial charge on any atom is 0.147 e. The van der Waals surface area contributed by atoms with Crippen LogP contribution in [0.2, 0.25) is 0 Å². The first-order valence-corrected chi connectivity index (χ1v) is 6.50. The molecule has 5 heteroatoms. The van der Waals surface area contributed by atoms with Crippen molar-refractivity contribution in [1.29, 1.82) is 0 Å². The molecule has 1 aliphatic heterocycles. The van der Waals surface area contributed by atoms with Crippen LogP contribution in [0.4, 0.5) is 5.82 Å². The van der Waals surface area contributed by atoms with E-state index < -0.39 is 0 Å². The Morgan fingerprint density at radius 2 is 2.22 bits per heavy atom. The fraction of sp³-hybridized carbons (Fsp3) is 0.692. The van der Waals surface area contributed by atoms with Crippen LogP contribution in [0.15, 0.2) is 12.4 Å². The Morgan fingerprint density at radius 1 is 1.39 bits per heavy atom. The van der Waals surface area contributed by atoms with Crippen molar-refractivity contribution in [3.63, 3.8) is 0 Å². The van der Waals surface area contributed by atoms with E-state index in [0.29, 0.717) is 0 Å². The molecule has 0 saturated carbocycles. The first kappa shape index (κ1) is 13.2. The minimum Gasteiger partial charge on any atom is -0.377 e. The third-order valence-electron chi connectivity index (χ3n) is 3.17. The van der Waals surface area contributed by atoms with E-state index in [1.165, 1.54) is 0 Å². The summed E-state index contributed by atoms with van der Waals surface area (Å²) in [7, 11) is 0. The quantitative estimate of drug-likeness (QED) is 0.870. The summed E-state index contributed by atoms with van der Waals surface area (Å²) >= 11 is 0. The van der Waals surface area contributed by atoms with Gasteiger partial charge in [-0.05, 0) is 20.4 Å². The number of anilines is 1. The molecule has 1 aliphatic rings. The summed E-state index contributed by atoms with van der Waals surface area (Å²) in [6, 6.07) is 0. The molecule has 0 bridgehead atoms. The largest absolute Gasteiger partial charge is 0.377 e. The molecule has 5 nitrogen and oxygen atoms in total. The topological polar surface area (TPSA) is 50.3 Å². The number of morpholine rings is 1. The fourth-order valence-corrected chi connectivity index (χ4v) is 2.11. The smallest absolute Gasteiger partial charge is 0.147 e. The molecule has 2 rings (SSSR count). The molecule has 1 fully saturated rings. The van der Waals surface area contributed by atoms with Gasteiger partial charge >= 0.3 is 0 Å². The van der Waals surface area contributed by atoms with Gasteiger partial charge in [0, 0.05) is 13.1 Å². The lowest BCUT2D eigenvalue weighted by Gasteiger charge is -2.42. The zero-order valence-corrected chi connectivity index (χ0v) is 11.4. The maximum absolute atomic E-state index is 5.51. The van der Waals surface area contributed by atoms with E-state index in [-0.39, 0.29) is 5.54 Å². The Hall–Kier alpha value is -1.20. The van der Waals surface area contributed by atoms with E-state index in [9.17, 15) is 0 Å². The van der Waals surface area contributed by atoms with Crippen molar-refractivity contribution in [1.82, 2.24) is 15.3 Å². The highest BCUT2D eigenvalue weighted by Crippen LogP contribution is 2.24. The minimum absolute atomic E-state index is 0.0177. The monoisotopic (exact) mass is 250 g/mol. The van der Waals surface area contributed by atoms with Gasteiger partial charge in [0.05, 0.1) is 36.8 Å². The fourth-order valence-electron chi connectivity index (χ4n) is 2.11. The van der Waals surface area contributed by atoms with Gasteiger partial charge in [0.1, 0.15) is 5.82 Å². The summed E-state index contributed by atoms with van der Waals surface area (Å²) < 4.78 is 5.51. The van der Waals surface area contributed by atoms with Crippen LogP contribution in [0.5, 0.6) is 0 Å². The minimum atomic E-state index is -0.0177. The van der Waals surface area contributed by atoms with Crippen LogP contribution in [0.1, 0.15) is 26.5 Å². The van der Waals surface area contributed by atoms with Crippen molar-refractivity contribution in [3.05, 3.63) is 18.1 Å². The Labute approximate surface area is 109 Å². The number of hydrogen-bond acceptors (Lipinski definition) is 5. The second-order valence-corrected chi connectivity index (χ2v) is 5.16. The molecule has 1 saturated heterocycles. The van der Waals surface area contributed by atoms with Gasteiger partial charge in [-0.2, -0.15) is 0 Å². The predicted octanol–water partition coefficient (Wildman–Crippen LogP) is 1.20. The van der Waals surface area contributed by atoms with Gasteiger partial charge in [0.15, 0.2) is 0 Å². The second-order valence-electron chi connectivity index (χ2n) is 5.16. The summed E-state index contributed by atoms with van der Waals surface area (Å²) in [6.45, 7) is 10.5. The van der Waals surface area contributed by atoms with E-state index >= 15 is 0 Å². The Kier molecular flexibility index (Phi) is 4.14. The van der Waals surface area contributed by atoms with E-state index in [0.717, 1.165) is 44.4 Å². The standard InChI is InChI=1S/C13H22N4O/c1-4-14-7-11-8-16-12(9-15-11)17-5-6-18-10-13(17,2)3/h8-9,14H,4-7,10H2,1-3H3. The van der Waals surface area contributed by atoms with Gasteiger partial charge in [-0.15, -0.1) is 0 Å². The zero-order chi connectivity index (χ0) is 13.0. The van der Waals surface area contributed by atoms with Gasteiger partial charge in [0.2, 0.25) is 0 Å². The molecular weight excluding hydrogens is 228 g/mol. The van der Waals surface area contributed by atoms with Crippen molar-refractivity contribution in [2.24, 2.45) is 0 Å². The van der Waals surface area contributed by atoms with Crippen LogP contribution in [0.3, 0.4) is 0 Å². The Balaban J connectivity index is 2.08. The van der Waals surface area contributed by atoms with E-state index in [4.69, 9.17) is 4.74 Å². The molecule has 2 heterocycles. The highest BCUT2D eigenvalue weighted by molar-refractivity contribution is 5.40. The molecule has 18 heavy (non-hydrogen) atoms. The van der Waals surface area contributed by atoms with Crippen molar-refractivity contribution in [2.45, 2.75) is 32.9 Å². The number of aromatic nitrogens is 2. The van der Waals surface area contributed by atoms with Gasteiger partial charge in [-0.1, -0.05) is 6.92 Å². The lowest BCUT2D eigenvalue weighted by molar-refractivity contribution is 0.0638. The van der Waals surface area contributed by atoms with E-state index in [2.05, 4.69) is 41.0 Å².